The normalized spacial score (nSPS) is 16.7. The van der Waals surface area contributed by atoms with Crippen molar-refractivity contribution in [2.75, 3.05) is 26.2 Å². The van der Waals surface area contributed by atoms with E-state index in [2.05, 4.69) is 14.5 Å². The highest BCUT2D eigenvalue weighted by Crippen LogP contribution is 2.24. The second-order valence-electron chi connectivity index (χ2n) is 6.82. The number of imidazole rings is 1. The van der Waals surface area contributed by atoms with Crippen LogP contribution in [0.25, 0.3) is 11.2 Å². The van der Waals surface area contributed by atoms with Crippen molar-refractivity contribution in [2.24, 2.45) is 11.7 Å². The molecule has 0 atom stereocenters. The average molecular weight is 339 g/mol. The fourth-order valence-corrected chi connectivity index (χ4v) is 3.74. The van der Waals surface area contributed by atoms with E-state index in [0.717, 1.165) is 55.3 Å². The van der Waals surface area contributed by atoms with Gasteiger partial charge < -0.3 is 19.6 Å². The van der Waals surface area contributed by atoms with Gasteiger partial charge >= 0.3 is 0 Å². The van der Waals surface area contributed by atoms with E-state index in [9.17, 15) is 0 Å². The Kier molecular flexibility index (Phi) is 4.81. The molecule has 1 aliphatic rings. The van der Waals surface area contributed by atoms with Gasteiger partial charge in [-0.1, -0.05) is 0 Å². The molecule has 6 heteroatoms. The van der Waals surface area contributed by atoms with Crippen LogP contribution in [0.3, 0.4) is 0 Å². The summed E-state index contributed by atoms with van der Waals surface area (Å²) in [6.45, 7) is 4.71. The first-order valence-electron chi connectivity index (χ1n) is 9.08. The van der Waals surface area contributed by atoms with Crippen LogP contribution in [0, 0.1) is 5.92 Å². The minimum Gasteiger partial charge on any atom is -0.467 e. The Morgan fingerprint density at radius 1 is 1.20 bits per heavy atom. The molecule has 25 heavy (non-hydrogen) atoms. The van der Waals surface area contributed by atoms with E-state index in [0.29, 0.717) is 12.5 Å². The molecule has 0 radical (unpaired) electrons. The van der Waals surface area contributed by atoms with Gasteiger partial charge in [0.15, 0.2) is 5.65 Å². The number of hydrogen-bond donors (Lipinski definition) is 1. The zero-order chi connectivity index (χ0) is 17.1. The van der Waals surface area contributed by atoms with Gasteiger partial charge in [0.05, 0.1) is 12.8 Å². The SMILES string of the molecule is NCCN1CCC(Cc2nc3cccnc3n2Cc2ccco2)CC1. The van der Waals surface area contributed by atoms with Gasteiger partial charge in [0.2, 0.25) is 0 Å². The van der Waals surface area contributed by atoms with E-state index in [1.807, 2.05) is 30.5 Å². The molecule has 4 heterocycles. The van der Waals surface area contributed by atoms with E-state index in [1.54, 1.807) is 6.26 Å². The molecule has 0 spiro atoms. The molecular weight excluding hydrogens is 314 g/mol. The second-order valence-corrected chi connectivity index (χ2v) is 6.82. The lowest BCUT2D eigenvalue weighted by Crippen LogP contribution is -2.37. The summed E-state index contributed by atoms with van der Waals surface area (Å²) in [4.78, 5) is 11.9. The Morgan fingerprint density at radius 3 is 2.84 bits per heavy atom. The molecule has 1 fully saturated rings. The number of pyridine rings is 1. The van der Waals surface area contributed by atoms with Crippen molar-refractivity contribution in [1.82, 2.24) is 19.4 Å². The summed E-state index contributed by atoms with van der Waals surface area (Å²) in [7, 11) is 0. The van der Waals surface area contributed by atoms with Crippen molar-refractivity contribution in [1.29, 1.82) is 0 Å². The summed E-state index contributed by atoms with van der Waals surface area (Å²) in [5.41, 5.74) is 7.58. The monoisotopic (exact) mass is 339 g/mol. The summed E-state index contributed by atoms with van der Waals surface area (Å²) in [6, 6.07) is 7.91. The lowest BCUT2D eigenvalue weighted by Gasteiger charge is -2.31. The number of likely N-dealkylation sites (tertiary alicyclic amines) is 1. The molecule has 6 nitrogen and oxygen atoms in total. The number of nitrogens with zero attached hydrogens (tertiary/aromatic N) is 4. The molecule has 132 valence electrons. The van der Waals surface area contributed by atoms with Crippen molar-refractivity contribution in [2.45, 2.75) is 25.8 Å². The molecule has 0 saturated carbocycles. The highest BCUT2D eigenvalue weighted by molar-refractivity contribution is 5.71. The highest BCUT2D eigenvalue weighted by atomic mass is 16.3. The average Bonchev–Trinajstić information content (AvgIpc) is 3.26. The summed E-state index contributed by atoms with van der Waals surface area (Å²) in [5, 5.41) is 0. The first-order valence-corrected chi connectivity index (χ1v) is 9.08. The first-order chi connectivity index (χ1) is 12.3. The summed E-state index contributed by atoms with van der Waals surface area (Å²) in [6.07, 6.45) is 6.95. The lowest BCUT2D eigenvalue weighted by molar-refractivity contribution is 0.186. The Labute approximate surface area is 147 Å². The van der Waals surface area contributed by atoms with Crippen molar-refractivity contribution in [3.05, 3.63) is 48.3 Å². The third-order valence-electron chi connectivity index (χ3n) is 5.10. The van der Waals surface area contributed by atoms with Gasteiger partial charge in [0.1, 0.15) is 17.1 Å². The lowest BCUT2D eigenvalue weighted by atomic mass is 9.93. The third kappa shape index (κ3) is 3.60. The molecule has 3 aromatic rings. The molecular formula is C19H25N5O. The van der Waals surface area contributed by atoms with Gasteiger partial charge in [-0.2, -0.15) is 0 Å². The number of rotatable bonds is 6. The molecule has 1 saturated heterocycles. The molecule has 4 rings (SSSR count). The summed E-state index contributed by atoms with van der Waals surface area (Å²) in [5.74, 6) is 2.72. The van der Waals surface area contributed by atoms with Crippen LogP contribution in [0.4, 0.5) is 0 Å². The van der Waals surface area contributed by atoms with Crippen LogP contribution < -0.4 is 5.73 Å². The predicted molar refractivity (Wildman–Crippen MR) is 97.3 cm³/mol. The standard InChI is InChI=1S/C19H25N5O/c20-7-11-23-9-5-15(6-10-23)13-18-22-17-4-1-8-21-19(17)24(18)14-16-3-2-12-25-16/h1-4,8,12,15H,5-7,9-11,13-14,20H2. The maximum Gasteiger partial charge on any atom is 0.160 e. The zero-order valence-electron chi connectivity index (χ0n) is 14.5. The maximum atomic E-state index is 5.67. The van der Waals surface area contributed by atoms with Gasteiger partial charge in [-0.15, -0.1) is 0 Å². The van der Waals surface area contributed by atoms with Crippen molar-refractivity contribution < 1.29 is 4.42 Å². The summed E-state index contributed by atoms with van der Waals surface area (Å²) >= 11 is 0. The van der Waals surface area contributed by atoms with E-state index < -0.39 is 0 Å². The molecule has 3 aromatic heterocycles. The zero-order valence-corrected chi connectivity index (χ0v) is 14.5. The van der Waals surface area contributed by atoms with Crippen LogP contribution in [0.2, 0.25) is 0 Å². The minimum atomic E-state index is 0.668. The fraction of sp³-hybridized carbons (Fsp3) is 0.474. The van der Waals surface area contributed by atoms with Crippen LogP contribution in [0.1, 0.15) is 24.4 Å². The molecule has 0 aliphatic carbocycles. The van der Waals surface area contributed by atoms with Gasteiger partial charge in [0.25, 0.3) is 0 Å². The number of hydrogen-bond acceptors (Lipinski definition) is 5. The van der Waals surface area contributed by atoms with Crippen molar-refractivity contribution >= 4 is 11.2 Å². The topological polar surface area (TPSA) is 73.1 Å². The molecule has 0 aromatic carbocycles. The Hall–Kier alpha value is -2.18. The van der Waals surface area contributed by atoms with E-state index in [1.165, 1.54) is 12.8 Å². The van der Waals surface area contributed by atoms with Gasteiger partial charge in [-0.25, -0.2) is 9.97 Å². The molecule has 0 unspecified atom stereocenters. The Morgan fingerprint density at radius 2 is 2.08 bits per heavy atom. The van der Waals surface area contributed by atoms with Crippen LogP contribution in [-0.4, -0.2) is 45.6 Å². The molecule has 0 bridgehead atoms. The second kappa shape index (κ2) is 7.37. The van der Waals surface area contributed by atoms with E-state index in [-0.39, 0.29) is 0 Å². The third-order valence-corrected chi connectivity index (χ3v) is 5.10. The number of nitrogens with two attached hydrogens (primary N) is 1. The first kappa shape index (κ1) is 16.3. The van der Waals surface area contributed by atoms with Crippen LogP contribution in [0.15, 0.2) is 41.1 Å². The number of piperidine rings is 1. The largest absolute Gasteiger partial charge is 0.467 e. The highest BCUT2D eigenvalue weighted by Gasteiger charge is 2.22. The molecule has 1 aliphatic heterocycles. The Bertz CT molecular complexity index is 802. The van der Waals surface area contributed by atoms with Crippen LogP contribution in [0.5, 0.6) is 0 Å². The predicted octanol–water partition coefficient (Wildman–Crippen LogP) is 2.29. The molecule has 0 amide bonds. The van der Waals surface area contributed by atoms with Gasteiger partial charge in [0, 0.05) is 25.7 Å². The van der Waals surface area contributed by atoms with Crippen LogP contribution in [-0.2, 0) is 13.0 Å². The molecule has 2 N–H and O–H groups in total. The smallest absolute Gasteiger partial charge is 0.160 e. The fourth-order valence-electron chi connectivity index (χ4n) is 3.74. The van der Waals surface area contributed by atoms with Crippen molar-refractivity contribution in [3.63, 3.8) is 0 Å². The minimum absolute atomic E-state index is 0.668. The number of aromatic nitrogens is 3. The van der Waals surface area contributed by atoms with Crippen molar-refractivity contribution in [3.8, 4) is 0 Å². The van der Waals surface area contributed by atoms with Gasteiger partial charge in [-0.05, 0) is 56.1 Å². The summed E-state index contributed by atoms with van der Waals surface area (Å²) < 4.78 is 7.76. The Balaban J connectivity index is 1.54. The van der Waals surface area contributed by atoms with Gasteiger partial charge in [-0.3, -0.25) is 0 Å². The van der Waals surface area contributed by atoms with E-state index >= 15 is 0 Å². The van der Waals surface area contributed by atoms with E-state index in [4.69, 9.17) is 15.1 Å². The quantitative estimate of drug-likeness (QED) is 0.746. The maximum absolute atomic E-state index is 5.67. The number of furan rings is 1. The number of fused-ring (bicyclic) bond motifs is 1. The van der Waals surface area contributed by atoms with Crippen LogP contribution >= 0.6 is 0 Å².